The fraction of sp³-hybridized carbons (Fsp3) is 0.375. The zero-order chi connectivity index (χ0) is 8.97. The lowest BCUT2D eigenvalue weighted by atomic mass is 10.1. The van der Waals surface area contributed by atoms with Crippen LogP contribution in [0.5, 0.6) is 0 Å². The maximum Gasteiger partial charge on any atom is 0.320 e. The van der Waals surface area contributed by atoms with Crippen molar-refractivity contribution in [2.75, 3.05) is 0 Å². The number of nitrogens with two attached hydrogens (primary N) is 1. The fourth-order valence-corrected chi connectivity index (χ4v) is 1.60. The zero-order valence-electron chi connectivity index (χ0n) is 6.56. The third-order valence-corrected chi connectivity index (χ3v) is 2.54. The van der Waals surface area contributed by atoms with Crippen molar-refractivity contribution in [1.29, 1.82) is 0 Å². The molecule has 12 heavy (non-hydrogen) atoms. The monoisotopic (exact) mass is 185 g/mol. The Morgan fingerprint density at radius 2 is 2.50 bits per heavy atom. The summed E-state index contributed by atoms with van der Waals surface area (Å²) >= 11 is 1.63. The zero-order valence-corrected chi connectivity index (χ0v) is 7.38. The Kier molecular flexibility index (Phi) is 3.25. The predicted octanol–water partition coefficient (Wildman–Crippen LogP) is 1.09. The van der Waals surface area contributed by atoms with E-state index in [1.807, 2.05) is 17.5 Å². The molecule has 0 bridgehead atoms. The van der Waals surface area contributed by atoms with Crippen LogP contribution in [0.1, 0.15) is 11.3 Å². The van der Waals surface area contributed by atoms with Crippen LogP contribution in [0.25, 0.3) is 0 Å². The van der Waals surface area contributed by atoms with Crippen LogP contribution < -0.4 is 5.73 Å². The molecule has 0 radical (unpaired) electrons. The van der Waals surface area contributed by atoms with Gasteiger partial charge in [-0.3, -0.25) is 4.79 Å². The van der Waals surface area contributed by atoms with Crippen LogP contribution in [0.2, 0.25) is 0 Å². The van der Waals surface area contributed by atoms with Crippen molar-refractivity contribution in [3.8, 4) is 0 Å². The first-order valence-electron chi connectivity index (χ1n) is 3.71. The minimum atomic E-state index is -0.924. The van der Waals surface area contributed by atoms with Crippen molar-refractivity contribution < 1.29 is 9.90 Å². The highest BCUT2D eigenvalue weighted by Gasteiger charge is 2.10. The van der Waals surface area contributed by atoms with Gasteiger partial charge in [0.2, 0.25) is 0 Å². The first-order valence-corrected chi connectivity index (χ1v) is 4.59. The molecule has 0 aromatic carbocycles. The summed E-state index contributed by atoms with van der Waals surface area (Å²) in [5.41, 5.74) is 5.34. The fourth-order valence-electron chi connectivity index (χ4n) is 0.876. The van der Waals surface area contributed by atoms with Gasteiger partial charge in [-0.05, 0) is 24.3 Å². The molecule has 1 unspecified atom stereocenters. The van der Waals surface area contributed by atoms with Gasteiger partial charge in [0.05, 0.1) is 0 Å². The summed E-state index contributed by atoms with van der Waals surface area (Å²) in [5.74, 6) is -0.924. The SMILES string of the molecule is NC(CCc1cccs1)C(=O)O. The van der Waals surface area contributed by atoms with Crippen LogP contribution in [0.3, 0.4) is 0 Å². The van der Waals surface area contributed by atoms with Crippen molar-refractivity contribution in [1.82, 2.24) is 0 Å². The molecule has 1 atom stereocenters. The van der Waals surface area contributed by atoms with Crippen LogP contribution in [0.4, 0.5) is 0 Å². The van der Waals surface area contributed by atoms with Gasteiger partial charge in [-0.1, -0.05) is 6.07 Å². The number of carbonyl (C=O) groups is 1. The van der Waals surface area contributed by atoms with Crippen LogP contribution in [-0.2, 0) is 11.2 Å². The van der Waals surface area contributed by atoms with Crippen LogP contribution in [0.15, 0.2) is 17.5 Å². The third-order valence-electron chi connectivity index (χ3n) is 1.60. The van der Waals surface area contributed by atoms with E-state index in [9.17, 15) is 4.79 Å². The molecular formula is C8H11NO2S. The van der Waals surface area contributed by atoms with Crippen LogP contribution >= 0.6 is 11.3 Å². The molecule has 0 aliphatic carbocycles. The van der Waals surface area contributed by atoms with Gasteiger partial charge in [0, 0.05) is 4.88 Å². The Morgan fingerprint density at radius 3 is 3.00 bits per heavy atom. The molecule has 3 N–H and O–H groups in total. The number of rotatable bonds is 4. The molecule has 1 heterocycles. The van der Waals surface area contributed by atoms with E-state index >= 15 is 0 Å². The first kappa shape index (κ1) is 9.22. The van der Waals surface area contributed by atoms with E-state index in [1.165, 1.54) is 4.88 Å². The normalized spacial score (nSPS) is 12.8. The number of aryl methyl sites for hydroxylation is 1. The van der Waals surface area contributed by atoms with E-state index in [0.717, 1.165) is 6.42 Å². The van der Waals surface area contributed by atoms with Crippen molar-refractivity contribution in [2.24, 2.45) is 5.73 Å². The lowest BCUT2D eigenvalue weighted by molar-refractivity contribution is -0.138. The highest BCUT2D eigenvalue weighted by atomic mass is 32.1. The van der Waals surface area contributed by atoms with Gasteiger partial charge in [-0.25, -0.2) is 0 Å². The lowest BCUT2D eigenvalue weighted by Crippen LogP contribution is -2.30. The summed E-state index contributed by atoms with van der Waals surface area (Å²) in [7, 11) is 0. The minimum absolute atomic E-state index is 0.510. The van der Waals surface area contributed by atoms with E-state index < -0.39 is 12.0 Å². The molecule has 1 rings (SSSR count). The molecule has 1 aromatic heterocycles. The van der Waals surface area contributed by atoms with E-state index in [4.69, 9.17) is 10.8 Å². The summed E-state index contributed by atoms with van der Waals surface area (Å²) in [6.07, 6.45) is 1.26. The summed E-state index contributed by atoms with van der Waals surface area (Å²) in [4.78, 5) is 11.5. The van der Waals surface area contributed by atoms with E-state index in [0.29, 0.717) is 6.42 Å². The van der Waals surface area contributed by atoms with Gasteiger partial charge in [-0.15, -0.1) is 11.3 Å². The maximum atomic E-state index is 10.3. The summed E-state index contributed by atoms with van der Waals surface area (Å²) < 4.78 is 0. The van der Waals surface area contributed by atoms with Crippen molar-refractivity contribution >= 4 is 17.3 Å². The van der Waals surface area contributed by atoms with E-state index in [-0.39, 0.29) is 0 Å². The molecule has 0 amide bonds. The van der Waals surface area contributed by atoms with Crippen molar-refractivity contribution in [2.45, 2.75) is 18.9 Å². The van der Waals surface area contributed by atoms with Crippen molar-refractivity contribution in [3.63, 3.8) is 0 Å². The molecule has 0 aliphatic heterocycles. The number of carboxylic acids is 1. The average molecular weight is 185 g/mol. The molecule has 0 aliphatic rings. The minimum Gasteiger partial charge on any atom is -0.480 e. The molecule has 0 saturated heterocycles. The van der Waals surface area contributed by atoms with Gasteiger partial charge in [-0.2, -0.15) is 0 Å². The number of thiophene rings is 1. The maximum absolute atomic E-state index is 10.3. The molecule has 66 valence electrons. The van der Waals surface area contributed by atoms with Crippen LogP contribution in [0, 0.1) is 0 Å². The molecule has 1 aromatic rings. The van der Waals surface area contributed by atoms with Crippen LogP contribution in [-0.4, -0.2) is 17.1 Å². The second kappa shape index (κ2) is 4.23. The van der Waals surface area contributed by atoms with E-state index in [1.54, 1.807) is 11.3 Å². The highest BCUT2D eigenvalue weighted by molar-refractivity contribution is 7.09. The predicted molar refractivity (Wildman–Crippen MR) is 48.3 cm³/mol. The molecule has 0 saturated carbocycles. The quantitative estimate of drug-likeness (QED) is 0.738. The van der Waals surface area contributed by atoms with Gasteiger partial charge in [0.1, 0.15) is 6.04 Å². The number of hydrogen-bond donors (Lipinski definition) is 2. The molecule has 3 nitrogen and oxygen atoms in total. The molecule has 0 spiro atoms. The lowest BCUT2D eigenvalue weighted by Gasteiger charge is -2.03. The number of hydrogen-bond acceptors (Lipinski definition) is 3. The topological polar surface area (TPSA) is 63.3 Å². The van der Waals surface area contributed by atoms with Crippen molar-refractivity contribution in [3.05, 3.63) is 22.4 Å². The Labute approximate surface area is 74.8 Å². The second-order valence-corrected chi connectivity index (χ2v) is 3.60. The first-order chi connectivity index (χ1) is 5.70. The molecule has 0 fully saturated rings. The summed E-state index contributed by atoms with van der Waals surface area (Å²) in [5, 5.41) is 10.5. The average Bonchev–Trinajstić information content (AvgIpc) is 2.51. The standard InChI is InChI=1S/C8H11NO2S/c9-7(8(10)11)4-3-6-2-1-5-12-6/h1-2,5,7H,3-4,9H2,(H,10,11). The summed E-state index contributed by atoms with van der Waals surface area (Å²) in [6.45, 7) is 0. The Morgan fingerprint density at radius 1 is 1.75 bits per heavy atom. The third kappa shape index (κ3) is 2.64. The largest absolute Gasteiger partial charge is 0.480 e. The Balaban J connectivity index is 2.31. The summed E-state index contributed by atoms with van der Waals surface area (Å²) in [6, 6.07) is 3.21. The van der Waals surface area contributed by atoms with Gasteiger partial charge in [0.25, 0.3) is 0 Å². The molecule has 4 heteroatoms. The Bertz CT molecular complexity index is 246. The van der Waals surface area contributed by atoms with Gasteiger partial charge < -0.3 is 10.8 Å². The smallest absolute Gasteiger partial charge is 0.320 e. The number of aliphatic carboxylic acids is 1. The van der Waals surface area contributed by atoms with Gasteiger partial charge in [0.15, 0.2) is 0 Å². The highest BCUT2D eigenvalue weighted by Crippen LogP contribution is 2.11. The van der Waals surface area contributed by atoms with E-state index in [2.05, 4.69) is 0 Å². The molecular weight excluding hydrogens is 174 g/mol. The Hall–Kier alpha value is -0.870. The number of carboxylic acid groups (broad SMARTS) is 1. The van der Waals surface area contributed by atoms with Gasteiger partial charge >= 0.3 is 5.97 Å². The second-order valence-electron chi connectivity index (χ2n) is 2.56.